The summed E-state index contributed by atoms with van der Waals surface area (Å²) in [6.07, 6.45) is 7.85. The minimum absolute atomic E-state index is 0.0739. The van der Waals surface area contributed by atoms with Crippen LogP contribution in [-0.4, -0.2) is 26.9 Å². The number of para-hydroxylation sites is 1. The number of carbonyl (C=O) groups is 1. The molecule has 1 aliphatic heterocycles. The summed E-state index contributed by atoms with van der Waals surface area (Å²) >= 11 is 7.27. The molecule has 2 aliphatic rings. The highest BCUT2D eigenvalue weighted by molar-refractivity contribution is 8.18. The molecule has 32 heavy (non-hydrogen) atoms. The first kappa shape index (κ1) is 22.6. The van der Waals surface area contributed by atoms with Crippen LogP contribution >= 0.6 is 23.4 Å². The maximum Gasteiger partial charge on any atom is 0.288 e. The first-order valence-electron chi connectivity index (χ1n) is 10.8. The minimum Gasteiger partial charge on any atom is -0.283 e. The monoisotopic (exact) mass is 469 g/mol. The Hall–Kier alpha value is -2.64. The standard InChI is InChI=1S/C24H24ClN3O3S/c1-2-17-8-6-7-11-20(17)26-24-27(18-9-4-3-5-10-18)23(29)22(32-24)15-16-12-13-19(25)21(14-16)28(30)31/h6-8,11-15,18H,2-5,9-10H2,1H3/b22-15+,26-24?. The van der Waals surface area contributed by atoms with Crippen LogP contribution in [0.5, 0.6) is 0 Å². The third-order valence-electron chi connectivity index (χ3n) is 5.83. The van der Waals surface area contributed by atoms with E-state index >= 15 is 0 Å². The Kier molecular flexibility index (Phi) is 6.96. The van der Waals surface area contributed by atoms with E-state index in [0.29, 0.717) is 15.6 Å². The zero-order chi connectivity index (χ0) is 22.7. The molecule has 1 saturated heterocycles. The van der Waals surface area contributed by atoms with E-state index in [2.05, 4.69) is 13.0 Å². The van der Waals surface area contributed by atoms with Crippen LogP contribution in [0, 0.1) is 10.1 Å². The fourth-order valence-electron chi connectivity index (χ4n) is 4.16. The van der Waals surface area contributed by atoms with Crippen molar-refractivity contribution in [3.63, 3.8) is 0 Å². The molecule has 0 radical (unpaired) electrons. The van der Waals surface area contributed by atoms with Crippen LogP contribution in [0.2, 0.25) is 5.02 Å². The molecule has 1 heterocycles. The SMILES string of the molecule is CCc1ccccc1N=C1S/C(=C/c2ccc(Cl)c([N+](=O)[O-])c2)C(=O)N1C1CCCCC1. The number of halogens is 1. The number of amides is 1. The number of hydrogen-bond donors (Lipinski definition) is 0. The van der Waals surface area contributed by atoms with Crippen molar-refractivity contribution in [3.8, 4) is 0 Å². The fraction of sp³-hybridized carbons (Fsp3) is 0.333. The third kappa shape index (κ3) is 4.74. The number of carbonyl (C=O) groups excluding carboxylic acids is 1. The van der Waals surface area contributed by atoms with Gasteiger partial charge in [-0.05, 0) is 60.4 Å². The topological polar surface area (TPSA) is 75.8 Å². The number of nitro benzene ring substituents is 1. The summed E-state index contributed by atoms with van der Waals surface area (Å²) < 4.78 is 0. The normalized spacial score (nSPS) is 19.8. The average molecular weight is 470 g/mol. The molecule has 1 saturated carbocycles. The summed E-state index contributed by atoms with van der Waals surface area (Å²) in [4.78, 5) is 31.4. The van der Waals surface area contributed by atoms with E-state index in [4.69, 9.17) is 16.6 Å². The van der Waals surface area contributed by atoms with Gasteiger partial charge in [0.25, 0.3) is 11.6 Å². The fourth-order valence-corrected chi connectivity index (χ4v) is 5.40. The Bertz CT molecular complexity index is 1110. The molecule has 0 spiro atoms. The number of nitro groups is 1. The molecule has 166 valence electrons. The van der Waals surface area contributed by atoms with Crippen molar-refractivity contribution < 1.29 is 9.72 Å². The molecule has 0 bridgehead atoms. The van der Waals surface area contributed by atoms with Gasteiger partial charge in [0.05, 0.1) is 15.5 Å². The molecule has 6 nitrogen and oxygen atoms in total. The zero-order valence-corrected chi connectivity index (χ0v) is 19.4. The number of hydrogen-bond acceptors (Lipinski definition) is 5. The van der Waals surface area contributed by atoms with Crippen molar-refractivity contribution in [1.82, 2.24) is 4.90 Å². The van der Waals surface area contributed by atoms with E-state index in [1.165, 1.54) is 30.3 Å². The molecule has 0 atom stereocenters. The van der Waals surface area contributed by atoms with Gasteiger partial charge >= 0.3 is 0 Å². The van der Waals surface area contributed by atoms with Crippen molar-refractivity contribution in [2.24, 2.45) is 4.99 Å². The summed E-state index contributed by atoms with van der Waals surface area (Å²) in [6, 6.07) is 12.7. The van der Waals surface area contributed by atoms with Crippen molar-refractivity contribution >= 4 is 51.9 Å². The lowest BCUT2D eigenvalue weighted by atomic mass is 9.94. The second-order valence-electron chi connectivity index (χ2n) is 7.92. The number of aryl methyl sites for hydroxylation is 1. The lowest BCUT2D eigenvalue weighted by Crippen LogP contribution is -2.40. The summed E-state index contributed by atoms with van der Waals surface area (Å²) in [5.41, 5.74) is 2.39. The van der Waals surface area contributed by atoms with Gasteiger partial charge < -0.3 is 0 Å². The number of benzene rings is 2. The van der Waals surface area contributed by atoms with E-state index in [0.717, 1.165) is 43.4 Å². The summed E-state index contributed by atoms with van der Waals surface area (Å²) in [6.45, 7) is 2.09. The second-order valence-corrected chi connectivity index (χ2v) is 9.34. The summed E-state index contributed by atoms with van der Waals surface area (Å²) in [7, 11) is 0. The number of aliphatic imine (C=N–C) groups is 1. The van der Waals surface area contributed by atoms with Gasteiger partial charge in [-0.1, -0.05) is 62.1 Å². The van der Waals surface area contributed by atoms with Crippen molar-refractivity contribution in [2.75, 3.05) is 0 Å². The van der Waals surface area contributed by atoms with Crippen molar-refractivity contribution in [1.29, 1.82) is 0 Å². The van der Waals surface area contributed by atoms with Crippen LogP contribution in [-0.2, 0) is 11.2 Å². The lowest BCUT2D eigenvalue weighted by Gasteiger charge is -2.30. The molecule has 0 aromatic heterocycles. The summed E-state index contributed by atoms with van der Waals surface area (Å²) in [5, 5.41) is 12.0. The second kappa shape index (κ2) is 9.88. The zero-order valence-electron chi connectivity index (χ0n) is 17.8. The molecule has 2 fully saturated rings. The Morgan fingerprint density at radius 1 is 1.22 bits per heavy atom. The number of amidine groups is 1. The van der Waals surface area contributed by atoms with Crippen molar-refractivity contribution in [3.05, 3.63) is 73.6 Å². The van der Waals surface area contributed by atoms with E-state index in [9.17, 15) is 14.9 Å². The number of nitrogens with zero attached hydrogens (tertiary/aromatic N) is 3. The highest BCUT2D eigenvalue weighted by Crippen LogP contribution is 2.39. The minimum atomic E-state index is -0.517. The molecule has 8 heteroatoms. The van der Waals surface area contributed by atoms with Gasteiger partial charge in [0.1, 0.15) is 5.02 Å². The number of thioether (sulfide) groups is 1. The molecule has 1 aliphatic carbocycles. The van der Waals surface area contributed by atoms with Crippen LogP contribution in [0.4, 0.5) is 11.4 Å². The Labute approximate surface area is 196 Å². The van der Waals surface area contributed by atoms with E-state index in [1.54, 1.807) is 12.1 Å². The molecular weight excluding hydrogens is 446 g/mol. The van der Waals surface area contributed by atoms with Crippen LogP contribution < -0.4 is 0 Å². The third-order valence-corrected chi connectivity index (χ3v) is 7.13. The maximum absolute atomic E-state index is 13.4. The molecule has 1 amide bonds. The molecule has 0 N–H and O–H groups in total. The van der Waals surface area contributed by atoms with E-state index < -0.39 is 4.92 Å². The first-order valence-corrected chi connectivity index (χ1v) is 12.0. The van der Waals surface area contributed by atoms with E-state index in [1.807, 2.05) is 23.1 Å². The van der Waals surface area contributed by atoms with Gasteiger partial charge in [0.2, 0.25) is 0 Å². The van der Waals surface area contributed by atoms with Gasteiger partial charge in [0, 0.05) is 12.1 Å². The quantitative estimate of drug-likeness (QED) is 0.276. The van der Waals surface area contributed by atoms with Crippen LogP contribution in [0.3, 0.4) is 0 Å². The Morgan fingerprint density at radius 2 is 1.97 bits per heavy atom. The van der Waals surface area contributed by atoms with Gasteiger partial charge in [-0.3, -0.25) is 19.8 Å². The first-order chi connectivity index (χ1) is 15.5. The summed E-state index contributed by atoms with van der Waals surface area (Å²) in [5.74, 6) is -0.0905. The molecular formula is C24H24ClN3O3S. The smallest absolute Gasteiger partial charge is 0.283 e. The van der Waals surface area contributed by atoms with Crippen LogP contribution in [0.25, 0.3) is 6.08 Å². The lowest BCUT2D eigenvalue weighted by molar-refractivity contribution is -0.384. The van der Waals surface area contributed by atoms with Gasteiger partial charge in [-0.2, -0.15) is 0 Å². The maximum atomic E-state index is 13.4. The molecule has 0 unspecified atom stereocenters. The van der Waals surface area contributed by atoms with Crippen molar-refractivity contribution in [2.45, 2.75) is 51.5 Å². The highest BCUT2D eigenvalue weighted by atomic mass is 35.5. The molecule has 4 rings (SSSR count). The van der Waals surface area contributed by atoms with Crippen LogP contribution in [0.15, 0.2) is 52.4 Å². The number of rotatable bonds is 5. The Balaban J connectivity index is 1.74. The van der Waals surface area contributed by atoms with Crippen LogP contribution in [0.1, 0.15) is 50.2 Å². The largest absolute Gasteiger partial charge is 0.288 e. The van der Waals surface area contributed by atoms with Gasteiger partial charge in [0.15, 0.2) is 5.17 Å². The predicted octanol–water partition coefficient (Wildman–Crippen LogP) is 6.75. The highest BCUT2D eigenvalue weighted by Gasteiger charge is 2.38. The van der Waals surface area contributed by atoms with E-state index in [-0.39, 0.29) is 22.7 Å². The predicted molar refractivity (Wildman–Crippen MR) is 130 cm³/mol. The molecule has 2 aromatic carbocycles. The van der Waals surface area contributed by atoms with Gasteiger partial charge in [-0.15, -0.1) is 0 Å². The Morgan fingerprint density at radius 3 is 2.69 bits per heavy atom. The molecule has 2 aromatic rings. The van der Waals surface area contributed by atoms with Gasteiger partial charge in [-0.25, -0.2) is 4.99 Å². The average Bonchev–Trinajstić information content (AvgIpc) is 3.10.